The number of benzene rings is 2. The summed E-state index contributed by atoms with van der Waals surface area (Å²) in [4.78, 5) is 43.5. The molecule has 4 atom stereocenters. The maximum Gasteiger partial charge on any atom is 0.255 e. The van der Waals surface area contributed by atoms with Crippen LogP contribution in [0.15, 0.2) is 61.1 Å². The van der Waals surface area contributed by atoms with Gasteiger partial charge in [0, 0.05) is 40.1 Å². The van der Waals surface area contributed by atoms with E-state index in [1.54, 1.807) is 47.4 Å². The lowest BCUT2D eigenvalue weighted by Crippen LogP contribution is -2.59. The van der Waals surface area contributed by atoms with Crippen molar-refractivity contribution >= 4 is 45.0 Å². The summed E-state index contributed by atoms with van der Waals surface area (Å²) in [7, 11) is -3.58. The van der Waals surface area contributed by atoms with Crippen LogP contribution in [0, 0.1) is 0 Å². The van der Waals surface area contributed by atoms with Gasteiger partial charge in [-0.1, -0.05) is 60.3 Å². The highest BCUT2D eigenvalue weighted by Gasteiger charge is 2.49. The smallest absolute Gasteiger partial charge is 0.255 e. The van der Waals surface area contributed by atoms with Gasteiger partial charge in [-0.25, -0.2) is 18.6 Å². The highest BCUT2D eigenvalue weighted by Crippen LogP contribution is 2.47. The van der Waals surface area contributed by atoms with Crippen LogP contribution < -0.4 is 10.2 Å². The number of fused-ring (bicyclic) bond motifs is 1. The SMILES string of the molecule is CS(=O)(=O)N[C@H]1CCCC[C@@H]1N1C(=O)c2ccccc2[C@@H](C(=O)NOCc2cnccn2)[C@@H]1c1ccc(Cl)cc1Cl. The summed E-state index contributed by atoms with van der Waals surface area (Å²) in [5.74, 6) is -1.75. The lowest BCUT2D eigenvalue weighted by molar-refractivity contribution is -0.138. The quantitative estimate of drug-likeness (QED) is 0.363. The summed E-state index contributed by atoms with van der Waals surface area (Å²) < 4.78 is 27.4. The van der Waals surface area contributed by atoms with E-state index in [-0.39, 0.29) is 17.5 Å². The first-order chi connectivity index (χ1) is 19.6. The fraction of sp³-hybridized carbons (Fsp3) is 0.357. The van der Waals surface area contributed by atoms with E-state index in [2.05, 4.69) is 20.2 Å². The third-order valence-corrected chi connectivity index (χ3v) is 8.69. The van der Waals surface area contributed by atoms with E-state index in [9.17, 15) is 18.0 Å². The normalized spacial score (nSPS) is 22.7. The average molecular weight is 619 g/mol. The largest absolute Gasteiger partial charge is 0.326 e. The molecule has 5 rings (SSSR count). The molecule has 1 saturated carbocycles. The zero-order valence-corrected chi connectivity index (χ0v) is 24.5. The van der Waals surface area contributed by atoms with Gasteiger partial charge in [0.1, 0.15) is 6.61 Å². The Morgan fingerprint density at radius 1 is 1.10 bits per heavy atom. The molecule has 0 spiro atoms. The molecular weight excluding hydrogens is 589 g/mol. The van der Waals surface area contributed by atoms with Crippen LogP contribution in [0.2, 0.25) is 10.0 Å². The first kappa shape index (κ1) is 29.4. The fourth-order valence-corrected chi connectivity index (χ4v) is 7.12. The number of sulfonamides is 1. The monoisotopic (exact) mass is 617 g/mol. The second-order valence-corrected chi connectivity index (χ2v) is 12.8. The summed E-state index contributed by atoms with van der Waals surface area (Å²) in [6.07, 6.45) is 8.35. The van der Waals surface area contributed by atoms with E-state index < -0.39 is 40.0 Å². The fourth-order valence-electron chi connectivity index (χ4n) is 5.78. The molecule has 0 unspecified atom stereocenters. The second kappa shape index (κ2) is 12.4. The molecule has 1 aliphatic carbocycles. The van der Waals surface area contributed by atoms with Gasteiger partial charge in [-0.3, -0.25) is 24.4 Å². The Morgan fingerprint density at radius 2 is 1.88 bits per heavy atom. The van der Waals surface area contributed by atoms with Gasteiger partial charge in [-0.05, 0) is 42.2 Å². The van der Waals surface area contributed by atoms with Crippen molar-refractivity contribution in [3.63, 3.8) is 0 Å². The molecule has 13 heteroatoms. The van der Waals surface area contributed by atoms with Gasteiger partial charge in [-0.2, -0.15) is 0 Å². The minimum atomic E-state index is -3.58. The van der Waals surface area contributed by atoms with Gasteiger partial charge in [0.25, 0.3) is 11.8 Å². The van der Waals surface area contributed by atoms with Crippen LogP contribution >= 0.6 is 23.2 Å². The van der Waals surface area contributed by atoms with Crippen LogP contribution in [0.25, 0.3) is 0 Å². The lowest BCUT2D eigenvalue weighted by atomic mass is 9.76. The molecule has 3 aromatic rings. The maximum atomic E-state index is 14.3. The van der Waals surface area contributed by atoms with Crippen LogP contribution in [0.1, 0.15) is 64.8 Å². The van der Waals surface area contributed by atoms with Gasteiger partial charge in [-0.15, -0.1) is 0 Å². The Balaban J connectivity index is 1.60. The maximum absolute atomic E-state index is 14.3. The summed E-state index contributed by atoms with van der Waals surface area (Å²) in [6, 6.07) is 9.86. The van der Waals surface area contributed by atoms with E-state index in [0.717, 1.165) is 19.1 Å². The topological polar surface area (TPSA) is 131 Å². The lowest BCUT2D eigenvalue weighted by Gasteiger charge is -2.49. The molecule has 1 aromatic heterocycles. The molecule has 2 amide bonds. The summed E-state index contributed by atoms with van der Waals surface area (Å²) in [5.41, 5.74) is 4.42. The van der Waals surface area contributed by atoms with Crippen LogP contribution in [0.5, 0.6) is 0 Å². The number of aromatic nitrogens is 2. The van der Waals surface area contributed by atoms with Crippen molar-refractivity contribution in [2.24, 2.45) is 0 Å². The first-order valence-corrected chi connectivity index (χ1v) is 15.8. The number of nitrogens with zero attached hydrogens (tertiary/aromatic N) is 3. The molecule has 2 aliphatic rings. The number of hydrogen-bond donors (Lipinski definition) is 2. The van der Waals surface area contributed by atoms with E-state index in [1.807, 2.05) is 0 Å². The van der Waals surface area contributed by atoms with E-state index >= 15 is 0 Å². The molecule has 1 fully saturated rings. The van der Waals surface area contributed by atoms with Gasteiger partial charge in [0.15, 0.2) is 0 Å². The van der Waals surface area contributed by atoms with Crippen molar-refractivity contribution in [2.45, 2.75) is 56.3 Å². The summed E-state index contributed by atoms with van der Waals surface area (Å²) in [6.45, 7) is -0.0219. The van der Waals surface area contributed by atoms with Crippen molar-refractivity contribution in [3.8, 4) is 0 Å². The number of amides is 2. The third kappa shape index (κ3) is 6.54. The van der Waals surface area contributed by atoms with Gasteiger partial charge in [0.05, 0.1) is 30.1 Å². The van der Waals surface area contributed by atoms with Crippen molar-refractivity contribution < 1.29 is 22.8 Å². The van der Waals surface area contributed by atoms with Gasteiger partial charge in [0.2, 0.25) is 10.0 Å². The summed E-state index contributed by atoms with van der Waals surface area (Å²) in [5, 5.41) is 0.678. The Bertz CT molecular complexity index is 1540. The predicted octanol–water partition coefficient (Wildman–Crippen LogP) is 4.17. The van der Waals surface area contributed by atoms with Crippen LogP contribution in [0.4, 0.5) is 0 Å². The molecule has 0 bridgehead atoms. The summed E-state index contributed by atoms with van der Waals surface area (Å²) >= 11 is 12.9. The molecule has 216 valence electrons. The average Bonchev–Trinajstić information content (AvgIpc) is 2.93. The minimum Gasteiger partial charge on any atom is -0.326 e. The number of rotatable bonds is 8. The van der Waals surface area contributed by atoms with E-state index in [0.29, 0.717) is 40.2 Å². The predicted molar refractivity (Wildman–Crippen MR) is 154 cm³/mol. The van der Waals surface area contributed by atoms with Crippen molar-refractivity contribution in [1.29, 1.82) is 0 Å². The van der Waals surface area contributed by atoms with Crippen LogP contribution in [0.3, 0.4) is 0 Å². The van der Waals surface area contributed by atoms with Crippen LogP contribution in [-0.2, 0) is 26.3 Å². The molecule has 0 radical (unpaired) electrons. The zero-order valence-electron chi connectivity index (χ0n) is 22.2. The Kier molecular flexibility index (Phi) is 8.91. The number of halogens is 2. The van der Waals surface area contributed by atoms with Gasteiger partial charge < -0.3 is 4.90 Å². The molecule has 2 aromatic carbocycles. The number of hydrogen-bond acceptors (Lipinski definition) is 7. The Hall–Kier alpha value is -3.09. The molecular formula is C28H29Cl2N5O5S. The molecule has 2 N–H and O–H groups in total. The van der Waals surface area contributed by atoms with Crippen molar-refractivity contribution in [1.82, 2.24) is 25.1 Å². The molecule has 1 aliphatic heterocycles. The molecule has 41 heavy (non-hydrogen) atoms. The van der Waals surface area contributed by atoms with E-state index in [1.165, 1.54) is 18.6 Å². The van der Waals surface area contributed by atoms with E-state index in [4.69, 9.17) is 28.0 Å². The Morgan fingerprint density at radius 3 is 2.61 bits per heavy atom. The van der Waals surface area contributed by atoms with Crippen molar-refractivity contribution in [2.75, 3.05) is 6.26 Å². The Labute approximate surface area is 248 Å². The van der Waals surface area contributed by atoms with Gasteiger partial charge >= 0.3 is 0 Å². The van der Waals surface area contributed by atoms with Crippen molar-refractivity contribution in [3.05, 3.63) is 93.5 Å². The molecule has 0 saturated heterocycles. The molecule has 10 nitrogen and oxygen atoms in total. The first-order valence-electron chi connectivity index (χ1n) is 13.1. The number of nitrogens with one attached hydrogen (secondary N) is 2. The third-order valence-electron chi connectivity index (χ3n) is 7.40. The number of carbonyl (C=O) groups excluding carboxylic acids is 2. The minimum absolute atomic E-state index is 0.0219. The highest BCUT2D eigenvalue weighted by atomic mass is 35.5. The highest BCUT2D eigenvalue weighted by molar-refractivity contribution is 7.88. The number of carbonyl (C=O) groups is 2. The molecule has 2 heterocycles. The van der Waals surface area contributed by atoms with Crippen LogP contribution in [-0.4, -0.2) is 53.4 Å². The standard InChI is InChI=1S/C28H29Cl2N5O5S/c1-41(38,39)34-23-8-4-5-9-24(23)35-26(21-11-10-17(29)14-22(21)30)25(19-6-2-3-7-20(19)28(35)37)27(36)33-40-16-18-15-31-12-13-32-18/h2-3,6-7,10-15,23-26,34H,4-5,8-9,16H2,1H3,(H,33,36)/t23-,24-,25+,26-/m0/s1. The zero-order chi connectivity index (χ0) is 29.1. The number of hydroxylamine groups is 1. The second-order valence-electron chi connectivity index (χ2n) is 10.2.